The number of benzene rings is 2. The van der Waals surface area contributed by atoms with Crippen molar-refractivity contribution in [3.63, 3.8) is 0 Å². The summed E-state index contributed by atoms with van der Waals surface area (Å²) in [6.07, 6.45) is -0.769. The zero-order chi connectivity index (χ0) is 14.5. The molecule has 0 amide bonds. The molecule has 2 aromatic carbocycles. The van der Waals surface area contributed by atoms with E-state index in [1.54, 1.807) is 44.4 Å². The SMILES string of the molecule is COc1cccc(C(O)COc2ccc(F)cc2C)c1. The van der Waals surface area contributed by atoms with Gasteiger partial charge in [-0.1, -0.05) is 12.1 Å². The van der Waals surface area contributed by atoms with Crippen LogP contribution in [0, 0.1) is 12.7 Å². The van der Waals surface area contributed by atoms with Gasteiger partial charge in [0.25, 0.3) is 0 Å². The molecule has 2 aromatic rings. The third-order valence-electron chi connectivity index (χ3n) is 3.01. The molecule has 2 rings (SSSR count). The average Bonchev–Trinajstić information content (AvgIpc) is 2.46. The van der Waals surface area contributed by atoms with Gasteiger partial charge in [-0.15, -0.1) is 0 Å². The van der Waals surface area contributed by atoms with Crippen LogP contribution in [0.15, 0.2) is 42.5 Å². The maximum atomic E-state index is 13.0. The van der Waals surface area contributed by atoms with Gasteiger partial charge in [-0.3, -0.25) is 0 Å². The fourth-order valence-electron chi connectivity index (χ4n) is 1.89. The molecule has 0 aromatic heterocycles. The highest BCUT2D eigenvalue weighted by atomic mass is 19.1. The number of ether oxygens (including phenoxy) is 2. The van der Waals surface area contributed by atoms with Gasteiger partial charge in [0.05, 0.1) is 7.11 Å². The summed E-state index contributed by atoms with van der Waals surface area (Å²) in [4.78, 5) is 0. The fraction of sp³-hybridized carbons (Fsp3) is 0.250. The lowest BCUT2D eigenvalue weighted by atomic mass is 10.1. The molecular weight excluding hydrogens is 259 g/mol. The van der Waals surface area contributed by atoms with Crippen molar-refractivity contribution < 1.29 is 19.0 Å². The van der Waals surface area contributed by atoms with Crippen molar-refractivity contribution in [1.29, 1.82) is 0 Å². The molecular formula is C16H17FO3. The number of rotatable bonds is 5. The number of hydrogen-bond acceptors (Lipinski definition) is 3. The van der Waals surface area contributed by atoms with Gasteiger partial charge in [0, 0.05) is 0 Å². The van der Waals surface area contributed by atoms with Crippen molar-refractivity contribution in [2.24, 2.45) is 0 Å². The zero-order valence-corrected chi connectivity index (χ0v) is 11.5. The summed E-state index contributed by atoms with van der Waals surface area (Å²) in [5.74, 6) is 0.941. The van der Waals surface area contributed by atoms with Crippen molar-refractivity contribution >= 4 is 0 Å². The molecule has 20 heavy (non-hydrogen) atoms. The smallest absolute Gasteiger partial charge is 0.123 e. The Morgan fingerprint density at radius 1 is 1.20 bits per heavy atom. The lowest BCUT2D eigenvalue weighted by Gasteiger charge is -2.14. The Bertz CT molecular complexity index is 584. The van der Waals surface area contributed by atoms with Gasteiger partial charge in [-0.05, 0) is 48.4 Å². The quantitative estimate of drug-likeness (QED) is 0.911. The van der Waals surface area contributed by atoms with E-state index < -0.39 is 6.10 Å². The largest absolute Gasteiger partial charge is 0.497 e. The molecule has 4 heteroatoms. The molecule has 0 heterocycles. The molecule has 1 atom stereocenters. The van der Waals surface area contributed by atoms with Gasteiger partial charge in [-0.2, -0.15) is 0 Å². The number of aliphatic hydroxyl groups excluding tert-OH is 1. The Kier molecular flexibility index (Phi) is 4.58. The van der Waals surface area contributed by atoms with E-state index in [1.807, 2.05) is 0 Å². The third kappa shape index (κ3) is 3.48. The molecule has 0 saturated carbocycles. The van der Waals surface area contributed by atoms with Gasteiger partial charge in [0.2, 0.25) is 0 Å². The second-order valence-electron chi connectivity index (χ2n) is 4.51. The van der Waals surface area contributed by atoms with Gasteiger partial charge >= 0.3 is 0 Å². The highest BCUT2D eigenvalue weighted by Crippen LogP contribution is 2.22. The molecule has 0 spiro atoms. The van der Waals surface area contributed by atoms with Gasteiger partial charge in [0.1, 0.15) is 30.0 Å². The maximum absolute atomic E-state index is 13.0. The third-order valence-corrected chi connectivity index (χ3v) is 3.01. The molecule has 0 aliphatic rings. The first-order chi connectivity index (χ1) is 9.60. The summed E-state index contributed by atoms with van der Waals surface area (Å²) < 4.78 is 23.6. The molecule has 0 saturated heterocycles. The number of hydrogen-bond donors (Lipinski definition) is 1. The molecule has 0 radical (unpaired) electrons. The van der Waals surface area contributed by atoms with E-state index >= 15 is 0 Å². The van der Waals surface area contributed by atoms with Crippen LogP contribution in [-0.2, 0) is 0 Å². The summed E-state index contributed by atoms with van der Waals surface area (Å²) >= 11 is 0. The minimum absolute atomic E-state index is 0.0969. The maximum Gasteiger partial charge on any atom is 0.123 e. The summed E-state index contributed by atoms with van der Waals surface area (Å²) in [5.41, 5.74) is 1.41. The van der Waals surface area contributed by atoms with E-state index in [-0.39, 0.29) is 12.4 Å². The van der Waals surface area contributed by atoms with Crippen LogP contribution in [0.4, 0.5) is 4.39 Å². The van der Waals surface area contributed by atoms with E-state index in [9.17, 15) is 9.50 Å². The van der Waals surface area contributed by atoms with Gasteiger partial charge in [0.15, 0.2) is 0 Å². The van der Waals surface area contributed by atoms with E-state index in [0.29, 0.717) is 22.6 Å². The van der Waals surface area contributed by atoms with Crippen molar-refractivity contribution in [2.75, 3.05) is 13.7 Å². The second-order valence-corrected chi connectivity index (χ2v) is 4.51. The first kappa shape index (κ1) is 14.3. The highest BCUT2D eigenvalue weighted by Gasteiger charge is 2.10. The topological polar surface area (TPSA) is 38.7 Å². The number of aryl methyl sites for hydroxylation is 1. The normalized spacial score (nSPS) is 12.0. The van der Waals surface area contributed by atoms with Crippen LogP contribution in [0.2, 0.25) is 0 Å². The van der Waals surface area contributed by atoms with Crippen LogP contribution in [-0.4, -0.2) is 18.8 Å². The Morgan fingerprint density at radius 3 is 2.70 bits per heavy atom. The van der Waals surface area contributed by atoms with Gasteiger partial charge in [-0.25, -0.2) is 4.39 Å². The second kappa shape index (κ2) is 6.39. The van der Waals surface area contributed by atoms with Crippen molar-refractivity contribution in [1.82, 2.24) is 0 Å². The monoisotopic (exact) mass is 276 g/mol. The first-order valence-electron chi connectivity index (χ1n) is 6.31. The van der Waals surface area contributed by atoms with Crippen LogP contribution in [0.1, 0.15) is 17.2 Å². The van der Waals surface area contributed by atoms with Crippen LogP contribution in [0.5, 0.6) is 11.5 Å². The van der Waals surface area contributed by atoms with E-state index in [0.717, 1.165) is 0 Å². The first-order valence-corrected chi connectivity index (χ1v) is 6.31. The summed E-state index contributed by atoms with van der Waals surface area (Å²) in [6, 6.07) is 11.5. The van der Waals surface area contributed by atoms with Crippen LogP contribution >= 0.6 is 0 Å². The Labute approximate surface area is 117 Å². The van der Waals surface area contributed by atoms with E-state index in [1.165, 1.54) is 12.1 Å². The number of halogens is 1. The number of aliphatic hydroxyl groups is 1. The van der Waals surface area contributed by atoms with Gasteiger partial charge < -0.3 is 14.6 Å². The number of methoxy groups -OCH3 is 1. The van der Waals surface area contributed by atoms with E-state index in [2.05, 4.69) is 0 Å². The van der Waals surface area contributed by atoms with Crippen molar-refractivity contribution in [2.45, 2.75) is 13.0 Å². The Balaban J connectivity index is 2.02. The fourth-order valence-corrected chi connectivity index (χ4v) is 1.89. The lowest BCUT2D eigenvalue weighted by molar-refractivity contribution is 0.107. The summed E-state index contributed by atoms with van der Waals surface area (Å²) in [7, 11) is 1.57. The van der Waals surface area contributed by atoms with Crippen molar-refractivity contribution in [3.8, 4) is 11.5 Å². The predicted octanol–water partition coefficient (Wildman–Crippen LogP) is 3.26. The molecule has 1 unspecified atom stereocenters. The minimum atomic E-state index is -0.769. The van der Waals surface area contributed by atoms with Crippen LogP contribution < -0.4 is 9.47 Å². The Morgan fingerprint density at radius 2 is 2.00 bits per heavy atom. The molecule has 3 nitrogen and oxygen atoms in total. The standard InChI is InChI=1S/C16H17FO3/c1-11-8-13(17)6-7-16(11)20-10-15(18)12-4-3-5-14(9-12)19-2/h3-9,15,18H,10H2,1-2H3. The average molecular weight is 276 g/mol. The zero-order valence-electron chi connectivity index (χ0n) is 11.5. The lowest BCUT2D eigenvalue weighted by Crippen LogP contribution is -2.10. The molecule has 1 N–H and O–H groups in total. The Hall–Kier alpha value is -2.07. The molecule has 0 bridgehead atoms. The minimum Gasteiger partial charge on any atom is -0.497 e. The molecule has 0 fully saturated rings. The van der Waals surface area contributed by atoms with Crippen molar-refractivity contribution in [3.05, 3.63) is 59.4 Å². The van der Waals surface area contributed by atoms with Crippen LogP contribution in [0.25, 0.3) is 0 Å². The summed E-state index contributed by atoms with van der Waals surface area (Å²) in [5, 5.41) is 10.1. The molecule has 0 aliphatic heterocycles. The molecule has 0 aliphatic carbocycles. The predicted molar refractivity (Wildman–Crippen MR) is 74.6 cm³/mol. The summed E-state index contributed by atoms with van der Waals surface area (Å²) in [6.45, 7) is 1.86. The van der Waals surface area contributed by atoms with E-state index in [4.69, 9.17) is 9.47 Å². The highest BCUT2D eigenvalue weighted by molar-refractivity contribution is 5.33. The van der Waals surface area contributed by atoms with Crippen LogP contribution in [0.3, 0.4) is 0 Å². The molecule has 106 valence electrons.